The summed E-state index contributed by atoms with van der Waals surface area (Å²) in [4.78, 5) is 25.2. The predicted octanol–water partition coefficient (Wildman–Crippen LogP) is 0.509. The van der Waals surface area contributed by atoms with Crippen LogP contribution in [-0.2, 0) is 14.5 Å². The second-order valence-corrected chi connectivity index (χ2v) is 3.31. The molecule has 0 bridgehead atoms. The standard InChI is InChI=1S/C7H13N2O4/c1-5(10)8-13-9-6(11)12-7(2,3)4/h1-4H3,(H,9,11). The lowest BCUT2D eigenvalue weighted by Crippen LogP contribution is -2.35. The first-order valence-electron chi connectivity index (χ1n) is 3.68. The van der Waals surface area contributed by atoms with Gasteiger partial charge in [0.05, 0.1) is 0 Å². The van der Waals surface area contributed by atoms with Crippen molar-refractivity contribution in [3.05, 3.63) is 0 Å². The van der Waals surface area contributed by atoms with Gasteiger partial charge >= 0.3 is 6.09 Å². The molecule has 0 aromatic carbocycles. The molecule has 0 saturated carbocycles. The Labute approximate surface area is 76.5 Å². The third kappa shape index (κ3) is 8.61. The largest absolute Gasteiger partial charge is 0.442 e. The van der Waals surface area contributed by atoms with Crippen molar-refractivity contribution >= 4 is 12.0 Å². The number of ether oxygens (including phenoxy) is 1. The Bertz CT molecular complexity index is 197. The molecule has 0 aromatic heterocycles. The van der Waals surface area contributed by atoms with Crippen molar-refractivity contribution < 1.29 is 19.3 Å². The Kier molecular flexibility index (Phi) is 4.19. The van der Waals surface area contributed by atoms with E-state index in [1.165, 1.54) is 6.92 Å². The summed E-state index contributed by atoms with van der Waals surface area (Å²) >= 11 is 0. The number of nitrogens with zero attached hydrogens (tertiary/aromatic N) is 1. The molecule has 0 aromatic rings. The van der Waals surface area contributed by atoms with Gasteiger partial charge in [-0.3, -0.25) is 4.79 Å². The van der Waals surface area contributed by atoms with Gasteiger partial charge in [0.15, 0.2) is 0 Å². The number of nitrogens with one attached hydrogen (secondary N) is 1. The van der Waals surface area contributed by atoms with Crippen LogP contribution in [0.5, 0.6) is 0 Å². The van der Waals surface area contributed by atoms with Gasteiger partial charge in [-0.25, -0.2) is 4.79 Å². The molecule has 0 fully saturated rings. The zero-order chi connectivity index (χ0) is 10.5. The average Bonchev–Trinajstić information content (AvgIpc) is 1.81. The second-order valence-electron chi connectivity index (χ2n) is 3.31. The summed E-state index contributed by atoms with van der Waals surface area (Å²) < 4.78 is 4.77. The number of hydrogen-bond acceptors (Lipinski definition) is 4. The summed E-state index contributed by atoms with van der Waals surface area (Å²) in [5.74, 6) is -0.545. The first kappa shape index (κ1) is 11.7. The summed E-state index contributed by atoms with van der Waals surface area (Å²) in [6.45, 7) is 6.30. The fraction of sp³-hybridized carbons (Fsp3) is 0.714. The van der Waals surface area contributed by atoms with Crippen molar-refractivity contribution in [2.75, 3.05) is 0 Å². The highest BCUT2D eigenvalue weighted by atomic mass is 16.8. The molecule has 1 N–H and O–H groups in total. The zero-order valence-electron chi connectivity index (χ0n) is 8.08. The number of carbonyl (C=O) groups excluding carboxylic acids is 2. The van der Waals surface area contributed by atoms with Gasteiger partial charge in [-0.05, 0) is 20.8 Å². The SMILES string of the molecule is CC(=O)[N]ONC(=O)OC(C)(C)C. The topological polar surface area (TPSA) is 78.7 Å². The Balaban J connectivity index is 3.59. The smallest absolute Gasteiger partial charge is 0.433 e. The van der Waals surface area contributed by atoms with Crippen molar-refractivity contribution in [3.63, 3.8) is 0 Å². The third-order valence-electron chi connectivity index (χ3n) is 0.702. The van der Waals surface area contributed by atoms with Crippen LogP contribution >= 0.6 is 0 Å². The highest BCUT2D eigenvalue weighted by Crippen LogP contribution is 2.05. The molecule has 13 heavy (non-hydrogen) atoms. The molecule has 0 rings (SSSR count). The first-order valence-corrected chi connectivity index (χ1v) is 3.68. The maximum absolute atomic E-state index is 10.8. The van der Waals surface area contributed by atoms with Gasteiger partial charge in [-0.15, -0.1) is 4.94 Å². The molecule has 0 saturated heterocycles. The Hall–Kier alpha value is -1.30. The summed E-state index contributed by atoms with van der Waals surface area (Å²) in [7, 11) is 0. The van der Waals surface area contributed by atoms with Crippen LogP contribution in [0, 0.1) is 0 Å². The van der Waals surface area contributed by atoms with E-state index in [0.29, 0.717) is 0 Å². The fourth-order valence-corrected chi connectivity index (χ4v) is 0.423. The van der Waals surface area contributed by atoms with Crippen LogP contribution in [0.25, 0.3) is 0 Å². The van der Waals surface area contributed by atoms with Gasteiger partial charge in [0.25, 0.3) is 5.91 Å². The molecule has 0 aliphatic heterocycles. The van der Waals surface area contributed by atoms with Crippen molar-refractivity contribution in [1.82, 2.24) is 11.0 Å². The van der Waals surface area contributed by atoms with Crippen molar-refractivity contribution in [1.29, 1.82) is 0 Å². The first-order chi connectivity index (χ1) is 5.81. The van der Waals surface area contributed by atoms with Gasteiger partial charge in [-0.2, -0.15) is 5.48 Å². The number of hydroxylamine groups is 2. The molecule has 0 unspecified atom stereocenters. The van der Waals surface area contributed by atoms with Crippen molar-refractivity contribution in [3.8, 4) is 0 Å². The summed E-state index contributed by atoms with van der Waals surface area (Å²) in [5, 5.41) is 0. The number of amides is 2. The number of hydrogen-bond donors (Lipinski definition) is 1. The Morgan fingerprint density at radius 2 is 1.85 bits per heavy atom. The highest BCUT2D eigenvalue weighted by Gasteiger charge is 2.16. The van der Waals surface area contributed by atoms with Crippen molar-refractivity contribution in [2.24, 2.45) is 0 Å². The van der Waals surface area contributed by atoms with E-state index in [1.54, 1.807) is 20.8 Å². The van der Waals surface area contributed by atoms with Crippen LogP contribution in [0.3, 0.4) is 0 Å². The van der Waals surface area contributed by atoms with E-state index in [9.17, 15) is 9.59 Å². The lowest BCUT2D eigenvalue weighted by molar-refractivity contribution is -0.138. The molecule has 0 aliphatic rings. The molecule has 2 amide bonds. The molecule has 6 heteroatoms. The fourth-order valence-electron chi connectivity index (χ4n) is 0.423. The van der Waals surface area contributed by atoms with E-state index in [1.807, 2.05) is 5.48 Å². The number of rotatable bonds is 2. The minimum atomic E-state index is -0.794. The van der Waals surface area contributed by atoms with Gasteiger partial charge in [-0.1, -0.05) is 5.48 Å². The quantitative estimate of drug-likeness (QED) is 0.642. The van der Waals surface area contributed by atoms with E-state index in [-0.39, 0.29) is 0 Å². The summed E-state index contributed by atoms with van der Waals surface area (Å²) in [6.07, 6.45) is -0.794. The molecule has 0 spiro atoms. The lowest BCUT2D eigenvalue weighted by atomic mass is 10.2. The van der Waals surface area contributed by atoms with Crippen LogP contribution in [0.2, 0.25) is 0 Å². The normalized spacial score (nSPS) is 10.5. The van der Waals surface area contributed by atoms with Crippen LogP contribution < -0.4 is 11.0 Å². The van der Waals surface area contributed by atoms with Gasteiger partial charge in [0.2, 0.25) is 0 Å². The zero-order valence-corrected chi connectivity index (χ0v) is 8.08. The molecular formula is C7H13N2O4. The van der Waals surface area contributed by atoms with Crippen molar-refractivity contribution in [2.45, 2.75) is 33.3 Å². The maximum Gasteiger partial charge on any atom is 0.433 e. The van der Waals surface area contributed by atoms with Crippen LogP contribution in [0.4, 0.5) is 4.79 Å². The van der Waals surface area contributed by atoms with Gasteiger partial charge < -0.3 is 4.74 Å². The maximum atomic E-state index is 10.8. The second kappa shape index (κ2) is 4.66. The highest BCUT2D eigenvalue weighted by molar-refractivity contribution is 5.71. The Morgan fingerprint density at radius 1 is 1.31 bits per heavy atom. The summed E-state index contributed by atoms with van der Waals surface area (Å²) in [5.41, 5.74) is 4.16. The van der Waals surface area contributed by atoms with E-state index in [0.717, 1.165) is 0 Å². The monoisotopic (exact) mass is 189 g/mol. The van der Waals surface area contributed by atoms with Crippen LogP contribution in [0.15, 0.2) is 0 Å². The van der Waals surface area contributed by atoms with E-state index in [4.69, 9.17) is 4.74 Å². The van der Waals surface area contributed by atoms with Crippen LogP contribution in [0.1, 0.15) is 27.7 Å². The third-order valence-corrected chi connectivity index (χ3v) is 0.702. The predicted molar refractivity (Wildman–Crippen MR) is 43.3 cm³/mol. The molecule has 75 valence electrons. The van der Waals surface area contributed by atoms with Gasteiger partial charge in [0, 0.05) is 6.92 Å². The number of carbonyl (C=O) groups is 2. The molecule has 1 radical (unpaired) electrons. The van der Waals surface area contributed by atoms with E-state index >= 15 is 0 Å². The lowest BCUT2D eigenvalue weighted by Gasteiger charge is -2.18. The summed E-state index contributed by atoms with van der Waals surface area (Å²) in [6, 6.07) is 0. The average molecular weight is 189 g/mol. The minimum absolute atomic E-state index is 0.545. The van der Waals surface area contributed by atoms with Crippen LogP contribution in [-0.4, -0.2) is 17.6 Å². The molecule has 0 aliphatic carbocycles. The van der Waals surface area contributed by atoms with Gasteiger partial charge in [0.1, 0.15) is 5.60 Å². The molecule has 0 heterocycles. The minimum Gasteiger partial charge on any atom is -0.442 e. The van der Waals surface area contributed by atoms with E-state index in [2.05, 4.69) is 10.4 Å². The van der Waals surface area contributed by atoms with E-state index < -0.39 is 17.6 Å². The molecular weight excluding hydrogens is 176 g/mol. The Morgan fingerprint density at radius 3 is 2.23 bits per heavy atom. The molecule has 0 atom stereocenters. The molecule has 6 nitrogen and oxygen atoms in total.